The van der Waals surface area contributed by atoms with E-state index in [2.05, 4.69) is 394 Å². The molecule has 17 aromatic carbocycles. The van der Waals surface area contributed by atoms with E-state index in [-0.39, 0.29) is 0 Å². The molecule has 4 heterocycles. The average Bonchev–Trinajstić information content (AvgIpc) is 1.61. The monoisotopic (exact) mass is 1270 g/mol. The Morgan fingerprint density at radius 3 is 0.630 bits per heavy atom. The molecule has 0 N–H and O–H groups in total. The summed E-state index contributed by atoms with van der Waals surface area (Å²) in [6.45, 7) is 0. The highest BCUT2D eigenvalue weighted by molar-refractivity contribution is 6.14. The van der Waals surface area contributed by atoms with Crippen molar-refractivity contribution in [1.29, 1.82) is 0 Å². The van der Waals surface area contributed by atoms with Gasteiger partial charge in [-0.2, -0.15) is 0 Å². The standard InChI is InChI=1S/C50H32N2.C46H30N2/c1-3-11-37-29-41(25-21-33(37)9-1)51-47-15-7-5-13-43(47)45-31-39(23-27-49(45)51)35-17-19-36(20-18-35)40-24-28-50-46(32-40)44-14-6-8-16-48(44)52(50)42-26-22-34-10-2-4-12-38(34)30-42;1-2-12-37(13-3-1)47-43-16-8-6-14-39(43)41-29-35(23-26-45(41)47)32-18-20-33(21-19-32)36-24-27-46-42(30-36)40-15-7-9-17-44(40)48(46)38-25-22-31-10-4-5-11-34(31)28-38/h1-32H;1-30H. The Bertz CT molecular complexity index is 6600. The molecule has 0 saturated heterocycles. The number of nitrogens with zero attached hydrogens (tertiary/aromatic N) is 4. The number of hydrogen-bond acceptors (Lipinski definition) is 0. The first-order chi connectivity index (χ1) is 49.6. The molecule has 4 nitrogen and oxygen atoms in total. The summed E-state index contributed by atoms with van der Waals surface area (Å²) < 4.78 is 9.56. The molecule has 4 aromatic heterocycles. The summed E-state index contributed by atoms with van der Waals surface area (Å²) in [6.07, 6.45) is 0. The zero-order chi connectivity index (χ0) is 65.8. The molecular formula is C96H62N4. The van der Waals surface area contributed by atoms with Crippen molar-refractivity contribution in [2.75, 3.05) is 0 Å². The largest absolute Gasteiger partial charge is 0.309 e. The molecule has 0 radical (unpaired) electrons. The van der Waals surface area contributed by atoms with Gasteiger partial charge >= 0.3 is 0 Å². The zero-order valence-electron chi connectivity index (χ0n) is 54.6. The van der Waals surface area contributed by atoms with E-state index in [9.17, 15) is 0 Å². The number of para-hydroxylation sites is 5. The van der Waals surface area contributed by atoms with Gasteiger partial charge in [-0.3, -0.25) is 0 Å². The summed E-state index contributed by atoms with van der Waals surface area (Å²) in [5.74, 6) is 0. The molecule has 0 aliphatic rings. The number of fused-ring (bicyclic) bond motifs is 15. The van der Waals surface area contributed by atoms with Crippen molar-refractivity contribution in [2.24, 2.45) is 0 Å². The topological polar surface area (TPSA) is 19.7 Å². The van der Waals surface area contributed by atoms with E-state index < -0.39 is 0 Å². The predicted molar refractivity (Wildman–Crippen MR) is 425 cm³/mol. The van der Waals surface area contributed by atoms with Crippen molar-refractivity contribution >= 4 is 120 Å². The van der Waals surface area contributed by atoms with Gasteiger partial charge in [-0.1, -0.05) is 255 Å². The summed E-state index contributed by atoms with van der Waals surface area (Å²) in [5, 5.41) is 17.6. The first-order valence-electron chi connectivity index (χ1n) is 34.4. The zero-order valence-corrected chi connectivity index (χ0v) is 54.6. The minimum absolute atomic E-state index is 1.18. The molecule has 0 unspecified atom stereocenters. The fourth-order valence-corrected chi connectivity index (χ4v) is 16.0. The highest BCUT2D eigenvalue weighted by Crippen LogP contribution is 2.42. The van der Waals surface area contributed by atoms with Gasteiger partial charge in [-0.15, -0.1) is 0 Å². The first kappa shape index (κ1) is 57.0. The lowest BCUT2D eigenvalue weighted by Gasteiger charge is -2.10. The van der Waals surface area contributed by atoms with Gasteiger partial charge in [0, 0.05) is 65.8 Å². The van der Waals surface area contributed by atoms with Gasteiger partial charge in [0.25, 0.3) is 0 Å². The van der Waals surface area contributed by atoms with Crippen LogP contribution >= 0.6 is 0 Å². The van der Waals surface area contributed by atoms with Gasteiger partial charge in [0.15, 0.2) is 0 Å². The molecule has 0 spiro atoms. The van der Waals surface area contributed by atoms with Crippen LogP contribution < -0.4 is 0 Å². The fraction of sp³-hybridized carbons (Fsp3) is 0. The van der Waals surface area contributed by atoms with Crippen LogP contribution in [0.1, 0.15) is 0 Å². The Hall–Kier alpha value is -13.3. The van der Waals surface area contributed by atoms with Crippen molar-refractivity contribution in [3.8, 4) is 67.3 Å². The maximum absolute atomic E-state index is 2.40. The highest BCUT2D eigenvalue weighted by Gasteiger charge is 2.19. The molecule has 21 aromatic rings. The molecule has 0 fully saturated rings. The van der Waals surface area contributed by atoms with E-state index in [0.717, 1.165) is 0 Å². The fourth-order valence-electron chi connectivity index (χ4n) is 16.0. The quantitative estimate of drug-likeness (QED) is 0.144. The van der Waals surface area contributed by atoms with E-state index in [1.54, 1.807) is 0 Å². The Balaban J connectivity index is 0.000000135. The third-order valence-electron chi connectivity index (χ3n) is 20.8. The lowest BCUT2D eigenvalue weighted by atomic mass is 9.98. The van der Waals surface area contributed by atoms with Gasteiger partial charge < -0.3 is 18.3 Å². The van der Waals surface area contributed by atoms with Gasteiger partial charge in [0.2, 0.25) is 0 Å². The van der Waals surface area contributed by atoms with Gasteiger partial charge in [-0.05, 0) is 198 Å². The van der Waals surface area contributed by atoms with Gasteiger partial charge in [0.05, 0.1) is 44.1 Å². The number of benzene rings is 17. The molecule has 466 valence electrons. The number of aromatic nitrogens is 4. The van der Waals surface area contributed by atoms with E-state index >= 15 is 0 Å². The van der Waals surface area contributed by atoms with Crippen LogP contribution in [0.3, 0.4) is 0 Å². The minimum Gasteiger partial charge on any atom is -0.309 e. The van der Waals surface area contributed by atoms with Crippen molar-refractivity contribution in [2.45, 2.75) is 0 Å². The normalized spacial score (nSPS) is 11.8. The van der Waals surface area contributed by atoms with Gasteiger partial charge in [0.1, 0.15) is 0 Å². The number of rotatable bonds is 8. The van der Waals surface area contributed by atoms with Crippen LogP contribution in [0.15, 0.2) is 376 Å². The van der Waals surface area contributed by atoms with Crippen LogP contribution in [0.2, 0.25) is 0 Å². The Morgan fingerprint density at radius 1 is 0.120 bits per heavy atom. The summed E-state index contributed by atoms with van der Waals surface area (Å²) >= 11 is 0. The smallest absolute Gasteiger partial charge is 0.0541 e. The van der Waals surface area contributed by atoms with E-state index in [1.165, 1.54) is 187 Å². The van der Waals surface area contributed by atoms with Crippen molar-refractivity contribution < 1.29 is 0 Å². The van der Waals surface area contributed by atoms with Crippen LogP contribution in [0.25, 0.3) is 187 Å². The molecular weight excluding hydrogens is 1210 g/mol. The van der Waals surface area contributed by atoms with Crippen LogP contribution in [0.5, 0.6) is 0 Å². The molecule has 0 saturated carbocycles. The molecule has 0 amide bonds. The molecule has 0 atom stereocenters. The third-order valence-corrected chi connectivity index (χ3v) is 20.8. The maximum Gasteiger partial charge on any atom is 0.0541 e. The lowest BCUT2D eigenvalue weighted by Crippen LogP contribution is -1.93. The summed E-state index contributed by atoms with van der Waals surface area (Å²) in [6, 6.07) is 137. The molecule has 0 aliphatic carbocycles. The third kappa shape index (κ3) is 9.45. The molecule has 0 aliphatic heterocycles. The number of hydrogen-bond donors (Lipinski definition) is 0. The maximum atomic E-state index is 2.40. The van der Waals surface area contributed by atoms with Crippen LogP contribution in [0.4, 0.5) is 0 Å². The van der Waals surface area contributed by atoms with Crippen LogP contribution in [0, 0.1) is 0 Å². The summed E-state index contributed by atoms with van der Waals surface area (Å²) in [4.78, 5) is 0. The summed E-state index contributed by atoms with van der Waals surface area (Å²) in [5.41, 5.74) is 24.2. The van der Waals surface area contributed by atoms with E-state index in [4.69, 9.17) is 0 Å². The average molecular weight is 1270 g/mol. The first-order valence-corrected chi connectivity index (χ1v) is 34.4. The van der Waals surface area contributed by atoms with Gasteiger partial charge in [-0.25, -0.2) is 0 Å². The van der Waals surface area contributed by atoms with E-state index in [1.807, 2.05) is 0 Å². The molecule has 4 heteroatoms. The second-order valence-electron chi connectivity index (χ2n) is 26.4. The Kier molecular flexibility index (Phi) is 13.2. The Morgan fingerprint density at radius 2 is 0.340 bits per heavy atom. The van der Waals surface area contributed by atoms with E-state index in [0.29, 0.717) is 0 Å². The van der Waals surface area contributed by atoms with Crippen LogP contribution in [-0.4, -0.2) is 18.3 Å². The predicted octanol–water partition coefficient (Wildman–Crippen LogP) is 25.9. The van der Waals surface area contributed by atoms with Crippen molar-refractivity contribution in [1.82, 2.24) is 18.3 Å². The van der Waals surface area contributed by atoms with Crippen molar-refractivity contribution in [3.05, 3.63) is 376 Å². The second kappa shape index (κ2) is 23.2. The minimum atomic E-state index is 1.18. The highest BCUT2D eigenvalue weighted by atomic mass is 15.0. The lowest BCUT2D eigenvalue weighted by molar-refractivity contribution is 1.18. The SMILES string of the molecule is c1ccc(-n2c3ccccc3c3cc(-c4ccc(-c5ccc6c(c5)c5ccccc5n6-c5ccc6ccccc6c5)cc4)ccc32)cc1.c1ccc2cc(-n3c4ccccc4c4cc(-c5ccc(-c6ccc7c(c6)c6ccccc6n7-c6ccc7ccccc7c6)cc5)ccc43)ccc2c1. The Labute approximate surface area is 577 Å². The molecule has 100 heavy (non-hydrogen) atoms. The molecule has 0 bridgehead atoms. The molecule has 21 rings (SSSR count). The summed E-state index contributed by atoms with van der Waals surface area (Å²) in [7, 11) is 0. The van der Waals surface area contributed by atoms with Crippen molar-refractivity contribution in [3.63, 3.8) is 0 Å². The second-order valence-corrected chi connectivity index (χ2v) is 26.4. The van der Waals surface area contributed by atoms with Crippen LogP contribution in [-0.2, 0) is 0 Å².